The van der Waals surface area contributed by atoms with Crippen LogP contribution in [0.1, 0.15) is 31.5 Å². The Morgan fingerprint density at radius 1 is 1.35 bits per heavy atom. The Hall–Kier alpha value is -2.41. The zero-order chi connectivity index (χ0) is 16.2. The van der Waals surface area contributed by atoms with E-state index in [2.05, 4.69) is 25.8 Å². The maximum atomic E-state index is 12.1. The Kier molecular flexibility index (Phi) is 4.57. The highest BCUT2D eigenvalue weighted by molar-refractivity contribution is 5.90. The zero-order valence-corrected chi connectivity index (χ0v) is 13.0. The molecule has 23 heavy (non-hydrogen) atoms. The summed E-state index contributed by atoms with van der Waals surface area (Å²) in [6.45, 7) is 1.83. The molecule has 1 aromatic heterocycles. The average Bonchev–Trinajstić information content (AvgIpc) is 2.96. The number of aliphatic hydroxyl groups excluding tert-OH is 1. The fourth-order valence-electron chi connectivity index (χ4n) is 2.82. The molecule has 3 rings (SSSR count). The fraction of sp³-hybridized carbons (Fsp3) is 0.438. The highest BCUT2D eigenvalue weighted by Crippen LogP contribution is 2.20. The minimum atomic E-state index is -0.461. The highest BCUT2D eigenvalue weighted by atomic mass is 16.3. The molecule has 2 aromatic rings. The summed E-state index contributed by atoms with van der Waals surface area (Å²) in [5.74, 6) is 1.33. The van der Waals surface area contributed by atoms with Gasteiger partial charge in [-0.2, -0.15) is 5.10 Å². The lowest BCUT2D eigenvalue weighted by molar-refractivity contribution is 0.0955. The Labute approximate surface area is 134 Å². The molecule has 1 heterocycles. The van der Waals surface area contributed by atoms with Gasteiger partial charge in [-0.15, -0.1) is 0 Å². The number of hydrogen-bond donors (Lipinski definition) is 4. The van der Waals surface area contributed by atoms with Crippen LogP contribution in [0, 0.1) is 6.92 Å². The molecular formula is C16H21N5O2. The lowest BCUT2D eigenvalue weighted by atomic mass is 9.93. The minimum absolute atomic E-state index is 0.178. The van der Waals surface area contributed by atoms with Gasteiger partial charge >= 0.3 is 6.03 Å². The van der Waals surface area contributed by atoms with Crippen molar-refractivity contribution in [1.29, 1.82) is 0 Å². The second-order valence-corrected chi connectivity index (χ2v) is 5.88. The minimum Gasteiger partial charge on any atom is -0.391 e. The molecule has 1 aromatic carbocycles. The molecule has 0 spiro atoms. The van der Waals surface area contributed by atoms with Crippen LogP contribution in [-0.4, -0.2) is 38.5 Å². The van der Waals surface area contributed by atoms with Gasteiger partial charge in [-0.25, -0.2) is 9.78 Å². The van der Waals surface area contributed by atoms with Crippen LogP contribution in [-0.2, 0) is 0 Å². The molecule has 2 atom stereocenters. The molecule has 1 saturated carbocycles. The fourth-order valence-corrected chi connectivity index (χ4v) is 2.82. The smallest absolute Gasteiger partial charge is 0.319 e. The molecule has 0 aliphatic heterocycles. The lowest BCUT2D eigenvalue weighted by Gasteiger charge is -2.28. The van der Waals surface area contributed by atoms with E-state index in [0.717, 1.165) is 37.1 Å². The van der Waals surface area contributed by atoms with E-state index in [-0.39, 0.29) is 12.1 Å². The molecule has 0 saturated heterocycles. The van der Waals surface area contributed by atoms with E-state index in [1.54, 1.807) is 6.07 Å². The molecule has 0 bridgehead atoms. The van der Waals surface area contributed by atoms with Gasteiger partial charge in [-0.1, -0.05) is 25.0 Å². The van der Waals surface area contributed by atoms with Gasteiger partial charge in [0.1, 0.15) is 5.82 Å². The number of hydrogen-bond acceptors (Lipinski definition) is 4. The second kappa shape index (κ2) is 6.78. The van der Waals surface area contributed by atoms with Crippen LogP contribution in [0.2, 0.25) is 0 Å². The Morgan fingerprint density at radius 2 is 2.17 bits per heavy atom. The Bertz CT molecular complexity index is 685. The molecule has 7 nitrogen and oxygen atoms in total. The summed E-state index contributed by atoms with van der Waals surface area (Å²) in [7, 11) is 0. The van der Waals surface area contributed by atoms with Crippen LogP contribution < -0.4 is 10.6 Å². The van der Waals surface area contributed by atoms with Crippen LogP contribution >= 0.6 is 0 Å². The number of carbonyl (C=O) groups excluding carboxylic acids is 1. The van der Waals surface area contributed by atoms with Gasteiger partial charge in [0, 0.05) is 11.3 Å². The van der Waals surface area contributed by atoms with E-state index < -0.39 is 6.10 Å². The number of urea groups is 1. The number of carbonyl (C=O) groups is 1. The normalized spacial score (nSPS) is 21.0. The van der Waals surface area contributed by atoms with Gasteiger partial charge in [-0.05, 0) is 31.9 Å². The quantitative estimate of drug-likeness (QED) is 0.697. The van der Waals surface area contributed by atoms with E-state index in [0.29, 0.717) is 11.5 Å². The molecule has 0 radical (unpaired) electrons. The summed E-state index contributed by atoms with van der Waals surface area (Å²) >= 11 is 0. The van der Waals surface area contributed by atoms with Crippen molar-refractivity contribution >= 4 is 11.7 Å². The number of rotatable bonds is 3. The first-order valence-electron chi connectivity index (χ1n) is 7.87. The van der Waals surface area contributed by atoms with E-state index in [4.69, 9.17) is 0 Å². The monoisotopic (exact) mass is 315 g/mol. The van der Waals surface area contributed by atoms with Gasteiger partial charge in [0.15, 0.2) is 5.82 Å². The molecule has 2 amide bonds. The summed E-state index contributed by atoms with van der Waals surface area (Å²) in [4.78, 5) is 16.4. The van der Waals surface area contributed by atoms with Crippen LogP contribution in [0.25, 0.3) is 11.4 Å². The summed E-state index contributed by atoms with van der Waals surface area (Å²) < 4.78 is 0. The number of aliphatic hydroxyl groups is 1. The molecule has 1 fully saturated rings. The van der Waals surface area contributed by atoms with Gasteiger partial charge in [0.2, 0.25) is 0 Å². The number of aromatic amines is 1. The summed E-state index contributed by atoms with van der Waals surface area (Å²) in [5, 5.41) is 22.5. The van der Waals surface area contributed by atoms with Crippen molar-refractivity contribution < 1.29 is 9.90 Å². The third-order valence-corrected chi connectivity index (χ3v) is 4.02. The number of benzene rings is 1. The van der Waals surface area contributed by atoms with Crippen molar-refractivity contribution in [2.75, 3.05) is 5.32 Å². The topological polar surface area (TPSA) is 103 Å². The predicted molar refractivity (Wildman–Crippen MR) is 87.0 cm³/mol. The average molecular weight is 315 g/mol. The SMILES string of the molecule is Cc1nc(-c2cccc(NC(=O)NC3CCCCC3O)c2)n[nH]1. The first kappa shape index (κ1) is 15.5. The first-order valence-corrected chi connectivity index (χ1v) is 7.87. The summed E-state index contributed by atoms with van der Waals surface area (Å²) in [6.07, 6.45) is 3.13. The van der Waals surface area contributed by atoms with Crippen LogP contribution in [0.4, 0.5) is 10.5 Å². The van der Waals surface area contributed by atoms with Gasteiger partial charge in [0.05, 0.1) is 12.1 Å². The number of H-pyrrole nitrogens is 1. The van der Waals surface area contributed by atoms with Crippen LogP contribution in [0.5, 0.6) is 0 Å². The van der Waals surface area contributed by atoms with Crippen molar-refractivity contribution in [2.45, 2.75) is 44.8 Å². The third kappa shape index (κ3) is 3.87. The summed E-state index contributed by atoms with van der Waals surface area (Å²) in [6, 6.07) is 6.86. The van der Waals surface area contributed by atoms with Gasteiger partial charge < -0.3 is 15.7 Å². The van der Waals surface area contributed by atoms with E-state index in [9.17, 15) is 9.90 Å². The van der Waals surface area contributed by atoms with Crippen molar-refractivity contribution in [3.8, 4) is 11.4 Å². The Balaban J connectivity index is 1.64. The zero-order valence-electron chi connectivity index (χ0n) is 13.0. The number of aromatic nitrogens is 3. The number of nitrogens with zero attached hydrogens (tertiary/aromatic N) is 2. The number of anilines is 1. The Morgan fingerprint density at radius 3 is 2.91 bits per heavy atom. The summed E-state index contributed by atoms with van der Waals surface area (Å²) in [5.41, 5.74) is 1.48. The van der Waals surface area contributed by atoms with Crippen molar-refractivity contribution in [3.63, 3.8) is 0 Å². The third-order valence-electron chi connectivity index (χ3n) is 4.02. The van der Waals surface area contributed by atoms with Gasteiger partial charge in [-0.3, -0.25) is 5.10 Å². The number of amides is 2. The van der Waals surface area contributed by atoms with Crippen molar-refractivity contribution in [2.24, 2.45) is 0 Å². The van der Waals surface area contributed by atoms with E-state index >= 15 is 0 Å². The lowest BCUT2D eigenvalue weighted by Crippen LogP contribution is -2.46. The standard InChI is InChI=1S/C16H21N5O2/c1-10-17-15(21-20-10)11-5-4-6-12(9-11)18-16(23)19-13-7-2-3-8-14(13)22/h4-6,9,13-14,22H,2-3,7-8H2,1H3,(H,17,20,21)(H2,18,19,23). The second-order valence-electron chi connectivity index (χ2n) is 5.88. The highest BCUT2D eigenvalue weighted by Gasteiger charge is 2.24. The van der Waals surface area contributed by atoms with Crippen molar-refractivity contribution in [3.05, 3.63) is 30.1 Å². The van der Waals surface area contributed by atoms with Crippen LogP contribution in [0.15, 0.2) is 24.3 Å². The molecule has 4 N–H and O–H groups in total. The first-order chi connectivity index (χ1) is 11.1. The molecule has 122 valence electrons. The maximum Gasteiger partial charge on any atom is 0.319 e. The largest absolute Gasteiger partial charge is 0.391 e. The van der Waals surface area contributed by atoms with E-state index in [1.165, 1.54) is 0 Å². The van der Waals surface area contributed by atoms with Crippen LogP contribution in [0.3, 0.4) is 0 Å². The maximum absolute atomic E-state index is 12.1. The molecule has 1 aliphatic carbocycles. The van der Waals surface area contributed by atoms with Gasteiger partial charge in [0.25, 0.3) is 0 Å². The number of aryl methyl sites for hydroxylation is 1. The van der Waals surface area contributed by atoms with Crippen molar-refractivity contribution in [1.82, 2.24) is 20.5 Å². The van der Waals surface area contributed by atoms with E-state index in [1.807, 2.05) is 25.1 Å². The number of nitrogens with one attached hydrogen (secondary N) is 3. The molecule has 7 heteroatoms. The molecular weight excluding hydrogens is 294 g/mol. The predicted octanol–water partition coefficient (Wildman–Crippen LogP) is 2.21. The molecule has 2 unspecified atom stereocenters. The molecule has 1 aliphatic rings.